The second-order valence-electron chi connectivity index (χ2n) is 4.07. The highest BCUT2D eigenvalue weighted by Crippen LogP contribution is 2.18. The largest absolute Gasteiger partial charge is 0.507 e. The van der Waals surface area contributed by atoms with E-state index in [0.29, 0.717) is 18.4 Å². The third-order valence-corrected chi connectivity index (χ3v) is 2.76. The van der Waals surface area contributed by atoms with E-state index < -0.39 is 0 Å². The minimum absolute atomic E-state index is 0.00149. The van der Waals surface area contributed by atoms with Gasteiger partial charge in [-0.05, 0) is 36.2 Å². The van der Waals surface area contributed by atoms with Gasteiger partial charge in [-0.3, -0.25) is 4.79 Å². The zero-order valence-corrected chi connectivity index (χ0v) is 9.77. The van der Waals surface area contributed by atoms with E-state index in [4.69, 9.17) is 0 Å². The Morgan fingerprint density at radius 3 is 2.39 bits per heavy atom. The zero-order chi connectivity index (χ0) is 13.0. The van der Waals surface area contributed by atoms with Gasteiger partial charge in [0.2, 0.25) is 0 Å². The predicted molar refractivity (Wildman–Crippen MR) is 67.2 cm³/mol. The monoisotopic (exact) mass is 244 g/mol. The number of hydrogen-bond donors (Lipinski definition) is 1. The molecule has 0 aliphatic rings. The molecular weight excluding hydrogens is 231 g/mol. The summed E-state index contributed by atoms with van der Waals surface area (Å²) in [6.45, 7) is 0. The molecule has 0 atom stereocenters. The molecule has 92 valence electrons. The molecule has 2 rings (SSSR count). The van der Waals surface area contributed by atoms with Crippen LogP contribution >= 0.6 is 0 Å². The van der Waals surface area contributed by atoms with E-state index in [-0.39, 0.29) is 17.3 Å². The van der Waals surface area contributed by atoms with Gasteiger partial charge in [0, 0.05) is 6.42 Å². The number of para-hydroxylation sites is 1. The van der Waals surface area contributed by atoms with Crippen LogP contribution in [0.1, 0.15) is 22.3 Å². The molecule has 2 nitrogen and oxygen atoms in total. The molecule has 0 aromatic heterocycles. The summed E-state index contributed by atoms with van der Waals surface area (Å²) in [5.41, 5.74) is 1.24. The van der Waals surface area contributed by atoms with Crippen molar-refractivity contribution < 1.29 is 14.3 Å². The zero-order valence-electron chi connectivity index (χ0n) is 9.77. The highest BCUT2D eigenvalue weighted by atomic mass is 19.1. The SMILES string of the molecule is O=C(CCc1ccc(F)cc1)c1ccccc1O. The predicted octanol–water partition coefficient (Wildman–Crippen LogP) is 3.35. The van der Waals surface area contributed by atoms with Crippen LogP contribution in [0.3, 0.4) is 0 Å². The molecule has 0 spiro atoms. The van der Waals surface area contributed by atoms with E-state index in [1.165, 1.54) is 18.2 Å². The van der Waals surface area contributed by atoms with Crippen molar-refractivity contribution in [3.63, 3.8) is 0 Å². The number of aryl methyl sites for hydroxylation is 1. The van der Waals surface area contributed by atoms with Crippen LogP contribution in [0.4, 0.5) is 4.39 Å². The fraction of sp³-hybridized carbons (Fsp3) is 0.133. The Morgan fingerprint density at radius 2 is 1.72 bits per heavy atom. The summed E-state index contributed by atoms with van der Waals surface area (Å²) in [5, 5.41) is 9.54. The molecule has 2 aromatic rings. The number of hydrogen-bond acceptors (Lipinski definition) is 2. The number of phenols is 1. The van der Waals surface area contributed by atoms with E-state index in [1.807, 2.05) is 0 Å². The first-order valence-electron chi connectivity index (χ1n) is 5.72. The van der Waals surface area contributed by atoms with Crippen molar-refractivity contribution in [3.8, 4) is 5.75 Å². The number of aromatic hydroxyl groups is 1. The lowest BCUT2D eigenvalue weighted by Gasteiger charge is -2.03. The van der Waals surface area contributed by atoms with E-state index >= 15 is 0 Å². The Bertz CT molecular complexity index is 547. The summed E-state index contributed by atoms with van der Waals surface area (Å²) in [6.07, 6.45) is 0.830. The third kappa shape index (κ3) is 2.94. The maximum atomic E-state index is 12.7. The summed E-state index contributed by atoms with van der Waals surface area (Å²) >= 11 is 0. The summed E-state index contributed by atoms with van der Waals surface area (Å²) in [4.78, 5) is 11.9. The molecule has 0 heterocycles. The van der Waals surface area contributed by atoms with Gasteiger partial charge < -0.3 is 5.11 Å². The van der Waals surface area contributed by atoms with Gasteiger partial charge in [-0.25, -0.2) is 4.39 Å². The molecule has 1 N–H and O–H groups in total. The average Bonchev–Trinajstić information content (AvgIpc) is 2.38. The first-order valence-corrected chi connectivity index (χ1v) is 5.72. The number of carbonyl (C=O) groups excluding carboxylic acids is 1. The van der Waals surface area contributed by atoms with Crippen molar-refractivity contribution in [2.24, 2.45) is 0 Å². The lowest BCUT2D eigenvalue weighted by Crippen LogP contribution is -2.01. The molecule has 0 fully saturated rings. The number of rotatable bonds is 4. The number of halogens is 1. The van der Waals surface area contributed by atoms with Gasteiger partial charge in [-0.1, -0.05) is 24.3 Å². The fourth-order valence-electron chi connectivity index (χ4n) is 1.75. The average molecular weight is 244 g/mol. The standard InChI is InChI=1S/C15H13FO2/c16-12-8-5-11(6-9-12)7-10-15(18)13-3-1-2-4-14(13)17/h1-6,8-9,17H,7,10H2. The molecule has 18 heavy (non-hydrogen) atoms. The Morgan fingerprint density at radius 1 is 1.06 bits per heavy atom. The lowest BCUT2D eigenvalue weighted by atomic mass is 10.0. The van der Waals surface area contributed by atoms with Gasteiger partial charge in [-0.2, -0.15) is 0 Å². The second-order valence-corrected chi connectivity index (χ2v) is 4.07. The summed E-state index contributed by atoms with van der Waals surface area (Å²) in [6, 6.07) is 12.5. The van der Waals surface area contributed by atoms with Crippen molar-refractivity contribution >= 4 is 5.78 Å². The number of phenolic OH excluding ortho intramolecular Hbond substituents is 1. The first kappa shape index (κ1) is 12.3. The molecule has 0 aliphatic heterocycles. The molecule has 2 aromatic carbocycles. The number of carbonyl (C=O) groups is 1. The van der Waals surface area contributed by atoms with Crippen LogP contribution in [0.25, 0.3) is 0 Å². The third-order valence-electron chi connectivity index (χ3n) is 2.76. The summed E-state index contributed by atoms with van der Waals surface area (Å²) in [5.74, 6) is -0.398. The molecule has 0 radical (unpaired) electrons. The normalized spacial score (nSPS) is 10.3. The molecule has 0 bridgehead atoms. The van der Waals surface area contributed by atoms with Gasteiger partial charge in [-0.15, -0.1) is 0 Å². The molecule has 0 saturated carbocycles. The minimum atomic E-state index is -0.286. The van der Waals surface area contributed by atoms with Crippen LogP contribution in [0.2, 0.25) is 0 Å². The minimum Gasteiger partial charge on any atom is -0.507 e. The molecule has 0 amide bonds. The van der Waals surface area contributed by atoms with Crippen molar-refractivity contribution in [1.29, 1.82) is 0 Å². The van der Waals surface area contributed by atoms with Crippen LogP contribution < -0.4 is 0 Å². The highest BCUT2D eigenvalue weighted by Gasteiger charge is 2.10. The van der Waals surface area contributed by atoms with Crippen molar-refractivity contribution in [2.45, 2.75) is 12.8 Å². The highest BCUT2D eigenvalue weighted by molar-refractivity contribution is 5.98. The van der Waals surface area contributed by atoms with Gasteiger partial charge >= 0.3 is 0 Å². The van der Waals surface area contributed by atoms with Crippen LogP contribution in [-0.2, 0) is 6.42 Å². The number of benzene rings is 2. The van der Waals surface area contributed by atoms with Crippen molar-refractivity contribution in [1.82, 2.24) is 0 Å². The Hall–Kier alpha value is -2.16. The van der Waals surface area contributed by atoms with Crippen LogP contribution in [0.5, 0.6) is 5.75 Å². The van der Waals surface area contributed by atoms with Gasteiger partial charge in [0.25, 0.3) is 0 Å². The van der Waals surface area contributed by atoms with Crippen LogP contribution in [-0.4, -0.2) is 10.9 Å². The van der Waals surface area contributed by atoms with E-state index in [9.17, 15) is 14.3 Å². The van der Waals surface area contributed by atoms with Crippen molar-refractivity contribution in [3.05, 3.63) is 65.5 Å². The Kier molecular flexibility index (Phi) is 3.72. The molecule has 0 unspecified atom stereocenters. The van der Waals surface area contributed by atoms with Gasteiger partial charge in [0.1, 0.15) is 11.6 Å². The van der Waals surface area contributed by atoms with E-state index in [0.717, 1.165) is 5.56 Å². The number of ketones is 1. The van der Waals surface area contributed by atoms with E-state index in [2.05, 4.69) is 0 Å². The van der Waals surface area contributed by atoms with Crippen LogP contribution in [0.15, 0.2) is 48.5 Å². The molecule has 3 heteroatoms. The molecule has 0 saturated heterocycles. The number of Topliss-reactive ketones (excluding diaryl/α,β-unsaturated/α-hetero) is 1. The Balaban J connectivity index is 2.01. The first-order chi connectivity index (χ1) is 8.66. The maximum absolute atomic E-state index is 12.7. The van der Waals surface area contributed by atoms with Gasteiger partial charge in [0.15, 0.2) is 5.78 Å². The Labute approximate surface area is 105 Å². The molecular formula is C15H13FO2. The quantitative estimate of drug-likeness (QED) is 0.837. The molecule has 0 aliphatic carbocycles. The van der Waals surface area contributed by atoms with Crippen molar-refractivity contribution in [2.75, 3.05) is 0 Å². The van der Waals surface area contributed by atoms with Crippen LogP contribution in [0, 0.1) is 5.82 Å². The van der Waals surface area contributed by atoms with Gasteiger partial charge in [0.05, 0.1) is 5.56 Å². The maximum Gasteiger partial charge on any atom is 0.166 e. The van der Waals surface area contributed by atoms with E-state index in [1.54, 1.807) is 30.3 Å². The lowest BCUT2D eigenvalue weighted by molar-refractivity contribution is 0.0980. The summed E-state index contributed by atoms with van der Waals surface area (Å²) in [7, 11) is 0. The smallest absolute Gasteiger partial charge is 0.166 e. The second kappa shape index (κ2) is 5.45. The fourth-order valence-corrected chi connectivity index (χ4v) is 1.75. The summed E-state index contributed by atoms with van der Waals surface area (Å²) < 4.78 is 12.7. The topological polar surface area (TPSA) is 37.3 Å².